The molecule has 0 fully saturated rings. The number of hydrogen-bond donors (Lipinski definition) is 6. The van der Waals surface area contributed by atoms with E-state index in [2.05, 4.69) is 196 Å². The van der Waals surface area contributed by atoms with Crippen LogP contribution in [0.5, 0.6) is 46.0 Å². The predicted octanol–water partition coefficient (Wildman–Crippen LogP) is 14.3. The number of aliphatic imine (C=N–C) groups is 1. The van der Waals surface area contributed by atoms with E-state index in [1.54, 1.807) is 74.5 Å². The lowest BCUT2D eigenvalue weighted by Crippen LogP contribution is -3.00. The standard InChI is InChI=1S/C29H29NO2.C16H18ClN.C15H20N2O5.C13H12O2.C8H11NO2.C7H9NO3.C6H15N.C2H6.ClH/c1-4-10-25(11-5-1)22-30(23-26-12-6-2-7-13-26)20-21-31-28-16-18-29(19-17-28)32-24-27-14-8-3-9-15-27;17-11-12-18(13-15-7-3-1-4-8-15)14-16-9-5-2-6-10-16;1-11(2)14(19)22-10-8-17-15(20)16-7-9-21-13-5-3-12(18)4-6-13;14-12-6-8-13(9-7-12)15-10-11-4-2-1-3-5-11;9-5-6-11-8-3-1-7(10)2-4-8;1-6(2)7(10)11-4-3-8-5-9;1-4-7(5-2)6-3;1-2;/h1-19H,20-24H2;1-10H,11-14H2;3-6,18H,1,7-10H2,2H3,(H2,16,17,20);1-9,14H,10H2;1-4,10H,5-6,9H2;1,3-4H2,2H3;4-6H2,1-3H3;1-2H3;1H. The van der Waals surface area contributed by atoms with Crippen LogP contribution in [0.15, 0.2) is 308 Å². The monoisotopic (exact) mass is 1670 g/mol. The van der Waals surface area contributed by atoms with Crippen LogP contribution in [-0.4, -0.2) is 152 Å². The van der Waals surface area contributed by atoms with Gasteiger partial charge < -0.3 is 82.2 Å². The maximum atomic E-state index is 11.4. The Bertz CT molecular complexity index is 4170. The summed E-state index contributed by atoms with van der Waals surface area (Å²) >= 11 is 5.89. The molecule has 0 bridgehead atoms. The Balaban J connectivity index is 0.000000491. The number of nitrogens with zero attached hydrogens (tertiary/aromatic N) is 4. The number of carbonyl (C=O) groups excluding carboxylic acids is 4. The second kappa shape index (κ2) is 67.2. The van der Waals surface area contributed by atoms with Gasteiger partial charge in [0.25, 0.3) is 0 Å². The van der Waals surface area contributed by atoms with Gasteiger partial charge in [-0.3, -0.25) is 9.80 Å². The van der Waals surface area contributed by atoms with E-state index in [1.807, 2.05) is 98.8 Å². The molecular weight excluding hydrogens is 1550 g/mol. The Morgan fingerprint density at radius 2 is 0.689 bits per heavy atom. The van der Waals surface area contributed by atoms with Crippen molar-refractivity contribution in [2.75, 3.05) is 97.8 Å². The molecule has 10 rings (SSSR count). The summed E-state index contributed by atoms with van der Waals surface area (Å²) in [4.78, 5) is 53.0. The third kappa shape index (κ3) is 51.7. The van der Waals surface area contributed by atoms with Gasteiger partial charge in [-0.2, -0.15) is 0 Å². The fourth-order valence-electron chi connectivity index (χ4n) is 9.99. The van der Waals surface area contributed by atoms with E-state index in [-0.39, 0.29) is 62.0 Å². The average Bonchev–Trinajstić information content (AvgIpc) is 0.856. The van der Waals surface area contributed by atoms with E-state index in [9.17, 15) is 19.2 Å². The molecule has 0 aliphatic carbocycles. The zero-order valence-electron chi connectivity index (χ0n) is 69.9. The molecule has 0 saturated heterocycles. The van der Waals surface area contributed by atoms with Crippen LogP contribution in [0.4, 0.5) is 4.79 Å². The van der Waals surface area contributed by atoms with Crippen molar-refractivity contribution in [1.29, 1.82) is 0 Å². The highest BCUT2D eigenvalue weighted by molar-refractivity contribution is 6.18. The van der Waals surface area contributed by atoms with Gasteiger partial charge in [-0.1, -0.05) is 230 Å². The van der Waals surface area contributed by atoms with Crippen molar-refractivity contribution in [3.05, 3.63) is 337 Å². The summed E-state index contributed by atoms with van der Waals surface area (Å²) in [6, 6.07) is 89.5. The summed E-state index contributed by atoms with van der Waals surface area (Å²) in [7, 11) is 0. The van der Waals surface area contributed by atoms with Crippen LogP contribution >= 0.6 is 11.6 Å². The first-order chi connectivity index (χ1) is 57.4. The number of isocyanates is 1. The van der Waals surface area contributed by atoms with Gasteiger partial charge in [0.2, 0.25) is 6.08 Å². The van der Waals surface area contributed by atoms with Crippen molar-refractivity contribution in [3.8, 4) is 46.0 Å². The fourth-order valence-corrected chi connectivity index (χ4v) is 10.2. The molecule has 0 spiro atoms. The van der Waals surface area contributed by atoms with Crippen LogP contribution in [0, 0.1) is 0 Å². The van der Waals surface area contributed by atoms with Gasteiger partial charge >= 0.3 is 18.0 Å². The smallest absolute Gasteiger partial charge is 0.333 e. The molecule has 0 atom stereocenters. The summed E-state index contributed by atoms with van der Waals surface area (Å²) in [5.41, 5.74) is 11.9. The number of hydrogen-bond acceptors (Lipinski definition) is 18. The highest BCUT2D eigenvalue weighted by Crippen LogP contribution is 2.22. The number of urea groups is 1. The summed E-state index contributed by atoms with van der Waals surface area (Å²) in [5, 5.41) is 32.2. The van der Waals surface area contributed by atoms with Crippen molar-refractivity contribution < 1.29 is 85.8 Å². The number of carbonyl (C=O) groups is 3. The number of amides is 2. The average molecular weight is 1670 g/mol. The van der Waals surface area contributed by atoms with Gasteiger partial charge in [-0.25, -0.2) is 24.2 Å². The van der Waals surface area contributed by atoms with E-state index in [1.165, 1.54) is 60.1 Å². The number of aromatic hydroxyl groups is 3. The molecule has 0 unspecified atom stereocenters. The van der Waals surface area contributed by atoms with Gasteiger partial charge in [-0.15, -0.1) is 11.6 Å². The number of halogens is 2. The molecule has 0 aromatic heterocycles. The van der Waals surface area contributed by atoms with Crippen LogP contribution in [0.1, 0.15) is 81.8 Å². The molecule has 21 nitrogen and oxygen atoms in total. The van der Waals surface area contributed by atoms with Gasteiger partial charge in [0.15, 0.2) is 0 Å². The van der Waals surface area contributed by atoms with E-state index < -0.39 is 11.9 Å². The van der Waals surface area contributed by atoms with Gasteiger partial charge in [0.05, 0.1) is 19.6 Å². The van der Waals surface area contributed by atoms with Crippen molar-refractivity contribution in [2.24, 2.45) is 4.99 Å². The summed E-state index contributed by atoms with van der Waals surface area (Å²) < 4.78 is 37.4. The molecule has 0 saturated carbocycles. The molecule has 10 aromatic rings. The van der Waals surface area contributed by atoms with E-state index >= 15 is 0 Å². The van der Waals surface area contributed by atoms with Crippen LogP contribution in [0.25, 0.3) is 0 Å². The van der Waals surface area contributed by atoms with Crippen LogP contribution in [0.2, 0.25) is 0 Å². The molecule has 0 aliphatic heterocycles. The first-order valence-electron chi connectivity index (χ1n) is 39.5. The molecule has 638 valence electrons. The maximum absolute atomic E-state index is 11.4. The molecule has 0 radical (unpaired) electrons. The van der Waals surface area contributed by atoms with Crippen LogP contribution in [-0.2, 0) is 63.3 Å². The SMILES string of the molecule is C=C(C)C(=O)OCCN=C=O.C=C(C)C(=O)OCCNC(=O)NCCOc1ccc(O)cc1.CC.CCN(CC)CC.ClCCN(Cc1ccccc1)Cc1ccccc1.Oc1ccc(OCc2ccccc2)cc1.[Cl-].[NH3+]CCOc1ccc(O)cc1.c1ccc(COc2ccc(OCCN(Cc3ccccc3)Cc3ccccc3)cc2)cc1. The Kier molecular flexibility index (Phi) is 58.2. The molecule has 8 N–H and O–H groups in total. The van der Waals surface area contributed by atoms with Crippen molar-refractivity contribution in [2.45, 2.75) is 87.9 Å². The summed E-state index contributed by atoms with van der Waals surface area (Å²) in [6.07, 6.45) is 1.33. The minimum atomic E-state index is -0.482. The Hall–Kier alpha value is -11.9. The van der Waals surface area contributed by atoms with Crippen molar-refractivity contribution in [1.82, 2.24) is 25.3 Å². The number of nitrogens with one attached hydrogen (secondary N) is 2. The van der Waals surface area contributed by atoms with Gasteiger partial charge in [0.1, 0.15) is 98.8 Å². The van der Waals surface area contributed by atoms with Crippen molar-refractivity contribution >= 4 is 35.7 Å². The highest BCUT2D eigenvalue weighted by Gasteiger charge is 2.11. The lowest BCUT2D eigenvalue weighted by atomic mass is 10.1. The number of esters is 2. The van der Waals surface area contributed by atoms with E-state index in [0.29, 0.717) is 62.4 Å². The summed E-state index contributed by atoms with van der Waals surface area (Å²) in [6.45, 7) is 33.7. The number of ether oxygens (including phenoxy) is 7. The van der Waals surface area contributed by atoms with E-state index in [0.717, 1.165) is 79.9 Å². The minimum Gasteiger partial charge on any atom is -1.00 e. The number of phenols is 3. The molecule has 0 heterocycles. The minimum absolute atomic E-state index is 0. The zero-order chi connectivity index (χ0) is 85.9. The third-order valence-corrected chi connectivity index (χ3v) is 16.3. The topological polar surface area (TPSA) is 267 Å². The second-order valence-electron chi connectivity index (χ2n) is 25.6. The second-order valence-corrected chi connectivity index (χ2v) is 25.9. The van der Waals surface area contributed by atoms with Gasteiger partial charge in [-0.05, 0) is 164 Å². The zero-order valence-corrected chi connectivity index (χ0v) is 71.4. The first kappa shape index (κ1) is 103. The van der Waals surface area contributed by atoms with Crippen LogP contribution < -0.4 is 52.5 Å². The van der Waals surface area contributed by atoms with Gasteiger partial charge in [0, 0.05) is 56.3 Å². The normalized spacial score (nSPS) is 9.85. The largest absolute Gasteiger partial charge is 1.00 e. The Morgan fingerprint density at radius 3 is 0.992 bits per heavy atom. The lowest BCUT2D eigenvalue weighted by Gasteiger charge is -2.23. The number of quaternary nitrogens is 1. The molecule has 10 aromatic carbocycles. The molecule has 119 heavy (non-hydrogen) atoms. The molecular formula is C96H121Cl2N7O14. The van der Waals surface area contributed by atoms with Crippen LogP contribution in [0.3, 0.4) is 0 Å². The third-order valence-electron chi connectivity index (χ3n) is 16.1. The number of rotatable bonds is 38. The lowest BCUT2D eigenvalue weighted by molar-refractivity contribution is -0.370. The molecule has 0 aliphatic rings. The molecule has 2 amide bonds. The quantitative estimate of drug-likeness (QED) is 0.00524. The number of alkyl halides is 1. The first-order valence-corrected chi connectivity index (χ1v) is 40.0. The summed E-state index contributed by atoms with van der Waals surface area (Å²) in [5.74, 6) is 4.23. The van der Waals surface area contributed by atoms with E-state index in [4.69, 9.17) is 55.3 Å². The number of benzene rings is 10. The highest BCUT2D eigenvalue weighted by atomic mass is 35.5. The fraction of sp³-hybridized carbons (Fsp3) is 0.292. The predicted molar refractivity (Wildman–Crippen MR) is 472 cm³/mol. The Labute approximate surface area is 716 Å². The van der Waals surface area contributed by atoms with Crippen molar-refractivity contribution in [3.63, 3.8) is 0 Å². The Morgan fingerprint density at radius 1 is 0.403 bits per heavy atom. The molecule has 23 heteroatoms. The number of phenolic OH excluding ortho intramolecular Hbond substituents is 3. The maximum Gasteiger partial charge on any atom is 0.333 e.